The van der Waals surface area contributed by atoms with Gasteiger partial charge in [-0.25, -0.2) is 0 Å². The van der Waals surface area contributed by atoms with E-state index in [0.717, 1.165) is 0 Å². The van der Waals surface area contributed by atoms with E-state index in [-0.39, 0.29) is 12.3 Å². The highest BCUT2D eigenvalue weighted by Crippen LogP contribution is 2.19. The quantitative estimate of drug-likeness (QED) is 0.363. The summed E-state index contributed by atoms with van der Waals surface area (Å²) in [5.74, 6) is -0.357. The molecule has 5 atom stereocenters. The van der Waals surface area contributed by atoms with Crippen molar-refractivity contribution in [3.05, 3.63) is 0 Å². The molecule has 0 bridgehead atoms. The molecule has 7 heteroatoms. The van der Waals surface area contributed by atoms with Gasteiger partial charge in [-0.05, 0) is 0 Å². The number of hydrogen-bond donors (Lipinski definition) is 5. The van der Waals surface area contributed by atoms with Crippen molar-refractivity contribution in [2.75, 3.05) is 6.61 Å². The maximum absolute atomic E-state index is 11.1. The molecular weight excluding hydrogens is 218 g/mol. The molecule has 0 aromatic carbocycles. The molecule has 1 heterocycles. The highest BCUT2D eigenvalue weighted by Gasteiger charge is 2.43. The Bertz CT molecular complexity index is 246. The molecule has 2 unspecified atom stereocenters. The molecule has 16 heavy (non-hydrogen) atoms. The van der Waals surface area contributed by atoms with Crippen LogP contribution >= 0.6 is 0 Å². The molecule has 1 aliphatic rings. The zero-order chi connectivity index (χ0) is 12.3. The molecule has 0 aromatic heterocycles. The van der Waals surface area contributed by atoms with Crippen LogP contribution in [0.3, 0.4) is 0 Å². The third-order valence-corrected chi connectivity index (χ3v) is 2.52. The Morgan fingerprint density at radius 1 is 1.25 bits per heavy atom. The molecule has 0 aromatic rings. The Kier molecular flexibility index (Phi) is 4.63. The summed E-state index contributed by atoms with van der Waals surface area (Å²) >= 11 is 0. The van der Waals surface area contributed by atoms with E-state index in [2.05, 4.69) is 5.32 Å². The first-order chi connectivity index (χ1) is 7.51. The predicted molar refractivity (Wildman–Crippen MR) is 52.2 cm³/mol. The van der Waals surface area contributed by atoms with Gasteiger partial charge in [0.2, 0.25) is 5.91 Å². The molecule has 0 aliphatic carbocycles. The van der Waals surface area contributed by atoms with Gasteiger partial charge in [-0.3, -0.25) is 4.79 Å². The van der Waals surface area contributed by atoms with E-state index in [4.69, 9.17) is 9.84 Å². The molecule has 1 amide bonds. The lowest BCUT2D eigenvalue weighted by Gasteiger charge is -2.40. The maximum Gasteiger partial charge on any atom is 0.221 e. The highest BCUT2D eigenvalue weighted by molar-refractivity contribution is 5.75. The number of carbonyl (C=O) groups is 1. The molecule has 1 fully saturated rings. The second-order valence-electron chi connectivity index (χ2n) is 3.67. The van der Waals surface area contributed by atoms with Gasteiger partial charge in [0.1, 0.15) is 24.4 Å². The lowest BCUT2D eigenvalue weighted by molar-refractivity contribution is -0.235. The number of hydrogen-bond acceptors (Lipinski definition) is 6. The van der Waals surface area contributed by atoms with Gasteiger partial charge in [0, 0.05) is 6.42 Å². The van der Waals surface area contributed by atoms with E-state index in [9.17, 15) is 20.1 Å². The minimum atomic E-state index is -1.46. The Labute approximate surface area is 92.7 Å². The lowest BCUT2D eigenvalue weighted by Crippen LogP contribution is -2.63. The first kappa shape index (κ1) is 13.3. The van der Waals surface area contributed by atoms with Crippen LogP contribution < -0.4 is 5.32 Å². The van der Waals surface area contributed by atoms with Crippen LogP contribution in [0.4, 0.5) is 0 Å². The largest absolute Gasteiger partial charge is 0.394 e. The number of amides is 1. The predicted octanol–water partition coefficient (Wildman–Crippen LogP) is -2.69. The number of nitrogens with one attached hydrogen (secondary N) is 1. The molecule has 1 aliphatic heterocycles. The summed E-state index contributed by atoms with van der Waals surface area (Å²) in [5.41, 5.74) is 0. The van der Waals surface area contributed by atoms with E-state index in [0.29, 0.717) is 0 Å². The minimum absolute atomic E-state index is 0.203. The van der Waals surface area contributed by atoms with Crippen LogP contribution in [0.1, 0.15) is 13.3 Å². The van der Waals surface area contributed by atoms with Crippen molar-refractivity contribution in [2.45, 2.75) is 44.0 Å². The van der Waals surface area contributed by atoms with Crippen molar-refractivity contribution < 1.29 is 30.0 Å². The fourth-order valence-corrected chi connectivity index (χ4v) is 1.48. The molecule has 5 N–H and O–H groups in total. The Morgan fingerprint density at radius 2 is 1.88 bits per heavy atom. The van der Waals surface area contributed by atoms with E-state index in [1.807, 2.05) is 0 Å². The van der Waals surface area contributed by atoms with Crippen molar-refractivity contribution in [3.8, 4) is 0 Å². The van der Waals surface area contributed by atoms with E-state index in [1.165, 1.54) is 0 Å². The standard InChI is InChI=1S/C9H17NO6/c1-2-5(12)10-9-8(15)7(14)6(13)4(3-11)16-9/h4,6-9,11,13-15H,2-3H2,1H3,(H,10,12)/t4?,6-,7-,8?,9-/m0/s1. The van der Waals surface area contributed by atoms with Crippen LogP contribution in [-0.4, -0.2) is 63.6 Å². The van der Waals surface area contributed by atoms with Gasteiger partial charge in [0.25, 0.3) is 0 Å². The number of rotatable bonds is 3. The lowest BCUT2D eigenvalue weighted by atomic mass is 9.98. The van der Waals surface area contributed by atoms with Crippen molar-refractivity contribution in [2.24, 2.45) is 0 Å². The topological polar surface area (TPSA) is 119 Å². The van der Waals surface area contributed by atoms with Gasteiger partial charge < -0.3 is 30.5 Å². The normalized spacial score (nSPS) is 39.4. The van der Waals surface area contributed by atoms with Gasteiger partial charge in [-0.2, -0.15) is 0 Å². The first-order valence-corrected chi connectivity index (χ1v) is 5.11. The SMILES string of the molecule is CCC(=O)N[C@H]1OC(CO)[C@H](O)[C@H](O)C1O. The molecule has 0 radical (unpaired) electrons. The van der Waals surface area contributed by atoms with Crippen LogP contribution in [0.15, 0.2) is 0 Å². The summed E-state index contributed by atoms with van der Waals surface area (Å²) in [4.78, 5) is 11.1. The smallest absolute Gasteiger partial charge is 0.221 e. The Morgan fingerprint density at radius 3 is 2.38 bits per heavy atom. The third-order valence-electron chi connectivity index (χ3n) is 2.52. The number of aliphatic hydroxyl groups excluding tert-OH is 4. The summed E-state index contributed by atoms with van der Waals surface area (Å²) in [7, 11) is 0. The van der Waals surface area contributed by atoms with E-state index < -0.39 is 37.3 Å². The minimum Gasteiger partial charge on any atom is -0.394 e. The Balaban J connectivity index is 2.67. The number of ether oxygens (including phenoxy) is 1. The summed E-state index contributed by atoms with van der Waals surface area (Å²) in [6, 6.07) is 0. The highest BCUT2D eigenvalue weighted by atomic mass is 16.6. The first-order valence-electron chi connectivity index (χ1n) is 5.11. The maximum atomic E-state index is 11.1. The monoisotopic (exact) mass is 235 g/mol. The van der Waals surface area contributed by atoms with Crippen molar-refractivity contribution in [3.63, 3.8) is 0 Å². The van der Waals surface area contributed by atoms with E-state index in [1.54, 1.807) is 6.92 Å². The van der Waals surface area contributed by atoms with E-state index >= 15 is 0 Å². The van der Waals surface area contributed by atoms with Crippen LogP contribution in [0.2, 0.25) is 0 Å². The summed E-state index contributed by atoms with van der Waals surface area (Å²) < 4.78 is 5.06. The molecule has 1 saturated heterocycles. The number of carbonyl (C=O) groups excluding carboxylic acids is 1. The van der Waals surface area contributed by atoms with Gasteiger partial charge >= 0.3 is 0 Å². The average Bonchev–Trinajstić information content (AvgIpc) is 2.29. The van der Waals surface area contributed by atoms with Gasteiger partial charge in [-0.1, -0.05) is 6.92 Å². The fraction of sp³-hybridized carbons (Fsp3) is 0.889. The Hall–Kier alpha value is -0.730. The molecule has 1 rings (SSSR count). The molecule has 0 saturated carbocycles. The molecular formula is C9H17NO6. The second kappa shape index (κ2) is 5.55. The van der Waals surface area contributed by atoms with Crippen LogP contribution in [0.5, 0.6) is 0 Å². The average molecular weight is 235 g/mol. The van der Waals surface area contributed by atoms with Gasteiger partial charge in [0.15, 0.2) is 6.23 Å². The van der Waals surface area contributed by atoms with Crippen molar-refractivity contribution in [1.29, 1.82) is 0 Å². The summed E-state index contributed by atoms with van der Waals surface area (Å²) in [5, 5.41) is 39.6. The number of aliphatic hydroxyl groups is 4. The van der Waals surface area contributed by atoms with Crippen molar-refractivity contribution in [1.82, 2.24) is 5.32 Å². The summed E-state index contributed by atoms with van der Waals surface area (Å²) in [6.07, 6.45) is -6.21. The fourth-order valence-electron chi connectivity index (χ4n) is 1.48. The second-order valence-corrected chi connectivity index (χ2v) is 3.67. The zero-order valence-electron chi connectivity index (χ0n) is 8.91. The summed E-state index contributed by atoms with van der Waals surface area (Å²) in [6.45, 7) is 1.11. The molecule has 7 nitrogen and oxygen atoms in total. The van der Waals surface area contributed by atoms with Gasteiger partial charge in [0.05, 0.1) is 6.61 Å². The van der Waals surface area contributed by atoms with Crippen LogP contribution in [0.25, 0.3) is 0 Å². The zero-order valence-corrected chi connectivity index (χ0v) is 8.91. The van der Waals surface area contributed by atoms with Crippen LogP contribution in [-0.2, 0) is 9.53 Å². The molecule has 94 valence electrons. The third kappa shape index (κ3) is 2.69. The van der Waals surface area contributed by atoms with Crippen molar-refractivity contribution >= 4 is 5.91 Å². The van der Waals surface area contributed by atoms with Gasteiger partial charge in [-0.15, -0.1) is 0 Å². The van der Waals surface area contributed by atoms with Crippen LogP contribution in [0, 0.1) is 0 Å². The molecule has 0 spiro atoms.